The third-order valence-corrected chi connectivity index (χ3v) is 6.18. The van der Waals surface area contributed by atoms with Gasteiger partial charge in [-0.2, -0.15) is 0 Å². The van der Waals surface area contributed by atoms with Gasteiger partial charge in [-0.3, -0.25) is 0 Å². The van der Waals surface area contributed by atoms with Gasteiger partial charge in [-0.05, 0) is 62.2 Å². The molecule has 0 aromatic rings. The van der Waals surface area contributed by atoms with Crippen molar-refractivity contribution in [1.82, 2.24) is 0 Å². The Labute approximate surface area is 121 Å². The van der Waals surface area contributed by atoms with Crippen LogP contribution in [0.3, 0.4) is 0 Å². The van der Waals surface area contributed by atoms with E-state index in [2.05, 4.69) is 6.92 Å². The third-order valence-electron chi connectivity index (χ3n) is 6.18. The molecule has 0 aliphatic heterocycles. The lowest BCUT2D eigenvalue weighted by Crippen LogP contribution is -2.40. The molecule has 3 saturated carbocycles. The lowest BCUT2D eigenvalue weighted by atomic mass is 9.63. The van der Waals surface area contributed by atoms with Crippen LogP contribution in [0.1, 0.15) is 52.4 Å². The first kappa shape index (κ1) is 14.1. The van der Waals surface area contributed by atoms with Crippen LogP contribution in [0.15, 0.2) is 11.6 Å². The largest absolute Gasteiger partial charge is 0.463 e. The molecule has 0 saturated heterocycles. The van der Waals surface area contributed by atoms with Crippen molar-refractivity contribution in [3.8, 4) is 0 Å². The number of allylic oxidation sites excluding steroid dienone is 1. The fraction of sp³-hybridized carbons (Fsp3) is 0.824. The van der Waals surface area contributed by atoms with Crippen molar-refractivity contribution in [2.75, 3.05) is 6.61 Å². The van der Waals surface area contributed by atoms with E-state index < -0.39 is 0 Å². The van der Waals surface area contributed by atoms with Gasteiger partial charge in [-0.25, -0.2) is 4.79 Å². The van der Waals surface area contributed by atoms with Gasteiger partial charge in [0.15, 0.2) is 0 Å². The van der Waals surface area contributed by atoms with Gasteiger partial charge in [0.05, 0.1) is 12.7 Å². The molecule has 3 fully saturated rings. The van der Waals surface area contributed by atoms with E-state index in [4.69, 9.17) is 4.74 Å². The van der Waals surface area contributed by atoms with Crippen LogP contribution in [0.25, 0.3) is 0 Å². The predicted molar refractivity (Wildman–Crippen MR) is 77.0 cm³/mol. The molecule has 3 aliphatic rings. The second-order valence-corrected chi connectivity index (χ2v) is 6.92. The van der Waals surface area contributed by atoms with E-state index in [1.54, 1.807) is 6.08 Å². The Balaban J connectivity index is 1.85. The minimum atomic E-state index is -0.196. The number of esters is 1. The highest BCUT2D eigenvalue weighted by molar-refractivity contribution is 5.83. The number of aliphatic hydroxyl groups is 1. The van der Waals surface area contributed by atoms with Gasteiger partial charge in [-0.15, -0.1) is 0 Å². The number of rotatable bonds is 2. The number of carbonyl (C=O) groups excluding carboxylic acids is 1. The molecule has 0 radical (unpaired) electrons. The molecule has 0 aromatic carbocycles. The molecule has 20 heavy (non-hydrogen) atoms. The predicted octanol–water partition coefficient (Wildman–Crippen LogP) is 3.07. The average molecular weight is 278 g/mol. The molecule has 3 aliphatic carbocycles. The highest BCUT2D eigenvalue weighted by atomic mass is 16.5. The van der Waals surface area contributed by atoms with E-state index in [1.807, 2.05) is 6.92 Å². The number of carbonyl (C=O) groups is 1. The first-order chi connectivity index (χ1) is 9.58. The third kappa shape index (κ3) is 2.02. The molecule has 0 bridgehead atoms. The molecule has 0 aromatic heterocycles. The molecular weight excluding hydrogens is 252 g/mol. The van der Waals surface area contributed by atoms with Crippen molar-refractivity contribution in [1.29, 1.82) is 0 Å². The molecular formula is C17H26O3. The maximum absolute atomic E-state index is 11.7. The molecule has 0 amide bonds. The number of aliphatic hydroxyl groups excluding tert-OH is 1. The number of hydrogen-bond acceptors (Lipinski definition) is 3. The van der Waals surface area contributed by atoms with E-state index in [9.17, 15) is 9.90 Å². The molecule has 3 nitrogen and oxygen atoms in total. The first-order valence-corrected chi connectivity index (χ1v) is 8.14. The Morgan fingerprint density at radius 3 is 2.90 bits per heavy atom. The Hall–Kier alpha value is -0.830. The van der Waals surface area contributed by atoms with Crippen LogP contribution in [0.2, 0.25) is 0 Å². The van der Waals surface area contributed by atoms with E-state index in [-0.39, 0.29) is 17.5 Å². The SMILES string of the molecule is CCOC(=O)/C=C1/C[C@]23CCC[C@H](O)[C@@H]2CC[C@@H]3[C@@H]1C. The van der Waals surface area contributed by atoms with Crippen molar-refractivity contribution >= 4 is 5.97 Å². The van der Waals surface area contributed by atoms with Gasteiger partial charge in [0.1, 0.15) is 0 Å². The zero-order chi connectivity index (χ0) is 14.3. The molecule has 0 unspecified atom stereocenters. The number of hydrogen-bond donors (Lipinski definition) is 1. The van der Waals surface area contributed by atoms with Gasteiger partial charge < -0.3 is 9.84 Å². The van der Waals surface area contributed by atoms with Crippen LogP contribution in [-0.4, -0.2) is 23.8 Å². The first-order valence-electron chi connectivity index (χ1n) is 8.14. The molecule has 5 atom stereocenters. The lowest BCUT2D eigenvalue weighted by Gasteiger charge is -2.43. The van der Waals surface area contributed by atoms with Crippen LogP contribution >= 0.6 is 0 Å². The van der Waals surface area contributed by atoms with Crippen LogP contribution in [-0.2, 0) is 9.53 Å². The van der Waals surface area contributed by atoms with Crippen molar-refractivity contribution in [2.45, 2.75) is 58.5 Å². The van der Waals surface area contributed by atoms with Crippen molar-refractivity contribution < 1.29 is 14.6 Å². The molecule has 1 N–H and O–H groups in total. The van der Waals surface area contributed by atoms with E-state index in [1.165, 1.54) is 24.8 Å². The van der Waals surface area contributed by atoms with Gasteiger partial charge in [-0.1, -0.05) is 18.9 Å². The maximum Gasteiger partial charge on any atom is 0.330 e. The molecule has 0 heterocycles. The summed E-state index contributed by atoms with van der Waals surface area (Å²) in [6.07, 6.45) is 8.31. The Morgan fingerprint density at radius 1 is 1.40 bits per heavy atom. The second kappa shape index (κ2) is 5.18. The fourth-order valence-corrected chi connectivity index (χ4v) is 5.41. The van der Waals surface area contributed by atoms with Crippen LogP contribution < -0.4 is 0 Å². The summed E-state index contributed by atoms with van der Waals surface area (Å²) >= 11 is 0. The standard InChI is InChI=1S/C17H26O3/c1-3-20-16(19)9-12-10-17-8-4-5-15(18)14(17)7-6-13(17)11(12)2/h9,11,13-15,18H,3-8,10H2,1-2H3/b12-9-/t11-,13-,14+,15+,17+/m1/s1. The Morgan fingerprint density at radius 2 is 2.15 bits per heavy atom. The van der Waals surface area contributed by atoms with Crippen LogP contribution in [0.5, 0.6) is 0 Å². The minimum Gasteiger partial charge on any atom is -0.463 e. The van der Waals surface area contributed by atoms with E-state index in [0.29, 0.717) is 24.4 Å². The topological polar surface area (TPSA) is 46.5 Å². The van der Waals surface area contributed by atoms with Gasteiger partial charge in [0.25, 0.3) is 0 Å². The summed E-state index contributed by atoms with van der Waals surface area (Å²) in [7, 11) is 0. The molecule has 3 rings (SSSR count). The highest BCUT2D eigenvalue weighted by Crippen LogP contribution is 2.66. The van der Waals surface area contributed by atoms with Gasteiger partial charge >= 0.3 is 5.97 Å². The summed E-state index contributed by atoms with van der Waals surface area (Å²) in [5.74, 6) is 1.38. The lowest BCUT2D eigenvalue weighted by molar-refractivity contribution is -0.137. The summed E-state index contributed by atoms with van der Waals surface area (Å²) in [6, 6.07) is 0. The normalized spacial score (nSPS) is 45.2. The molecule has 1 spiro atoms. The van der Waals surface area contributed by atoms with Gasteiger partial charge in [0, 0.05) is 6.08 Å². The van der Waals surface area contributed by atoms with Crippen LogP contribution in [0, 0.1) is 23.2 Å². The van der Waals surface area contributed by atoms with Gasteiger partial charge in [0.2, 0.25) is 0 Å². The molecule has 112 valence electrons. The quantitative estimate of drug-likeness (QED) is 0.624. The van der Waals surface area contributed by atoms with Crippen molar-refractivity contribution in [3.05, 3.63) is 11.6 Å². The van der Waals surface area contributed by atoms with Crippen molar-refractivity contribution in [2.24, 2.45) is 23.2 Å². The summed E-state index contributed by atoms with van der Waals surface area (Å²) in [5, 5.41) is 10.3. The summed E-state index contributed by atoms with van der Waals surface area (Å²) in [4.78, 5) is 11.7. The smallest absolute Gasteiger partial charge is 0.330 e. The Kier molecular flexibility index (Phi) is 3.65. The number of ether oxygens (including phenoxy) is 1. The summed E-state index contributed by atoms with van der Waals surface area (Å²) in [5.41, 5.74) is 1.53. The van der Waals surface area contributed by atoms with Crippen LogP contribution in [0.4, 0.5) is 0 Å². The highest BCUT2D eigenvalue weighted by Gasteiger charge is 2.59. The summed E-state index contributed by atoms with van der Waals surface area (Å²) < 4.78 is 5.06. The van der Waals surface area contributed by atoms with Crippen molar-refractivity contribution in [3.63, 3.8) is 0 Å². The fourth-order valence-electron chi connectivity index (χ4n) is 5.41. The van der Waals surface area contributed by atoms with E-state index >= 15 is 0 Å². The average Bonchev–Trinajstić information content (AvgIpc) is 2.87. The minimum absolute atomic E-state index is 0.122. The summed E-state index contributed by atoms with van der Waals surface area (Å²) in [6.45, 7) is 4.54. The zero-order valence-corrected chi connectivity index (χ0v) is 12.6. The molecule has 3 heteroatoms. The second-order valence-electron chi connectivity index (χ2n) is 6.92. The monoisotopic (exact) mass is 278 g/mol. The van der Waals surface area contributed by atoms with E-state index in [0.717, 1.165) is 19.3 Å². The zero-order valence-electron chi connectivity index (χ0n) is 12.6. The maximum atomic E-state index is 11.7. The Bertz CT molecular complexity index is 428.